The number of nitrogens with zero attached hydrogens (tertiary/aromatic N) is 4. The third kappa shape index (κ3) is 5.55. The van der Waals surface area contributed by atoms with E-state index in [9.17, 15) is 4.79 Å². The number of benzene rings is 1. The lowest BCUT2D eigenvalue weighted by atomic mass is 10.2. The van der Waals surface area contributed by atoms with Crippen molar-refractivity contribution in [3.05, 3.63) is 36.2 Å². The normalized spacial score (nSPS) is 10.8. The van der Waals surface area contributed by atoms with Crippen LogP contribution in [0.5, 0.6) is 0 Å². The molecule has 26 heavy (non-hydrogen) atoms. The summed E-state index contributed by atoms with van der Waals surface area (Å²) < 4.78 is 6.86. The minimum absolute atomic E-state index is 0.0144. The van der Waals surface area contributed by atoms with Gasteiger partial charge in [-0.1, -0.05) is 77.3 Å². The number of aromatic nitrogens is 4. The molecule has 3 rings (SSSR count). The predicted octanol–water partition coefficient (Wildman–Crippen LogP) is 3.50. The number of amides is 1. The van der Waals surface area contributed by atoms with Crippen molar-refractivity contribution >= 4 is 40.8 Å². The van der Waals surface area contributed by atoms with Crippen LogP contribution < -0.4 is 5.32 Å². The zero-order valence-electron chi connectivity index (χ0n) is 14.0. The second-order valence-electron chi connectivity index (χ2n) is 5.14. The Morgan fingerprint density at radius 2 is 1.96 bits per heavy atom. The zero-order chi connectivity index (χ0) is 18.2. The first-order valence-corrected chi connectivity index (χ1v) is 10.8. The Balaban J connectivity index is 1.48. The monoisotopic (exact) mass is 407 g/mol. The molecule has 0 aliphatic rings. The highest BCUT2D eigenvalue weighted by molar-refractivity contribution is 8.03. The summed E-state index contributed by atoms with van der Waals surface area (Å²) in [7, 11) is 0. The second-order valence-corrected chi connectivity index (χ2v) is 8.56. The lowest BCUT2D eigenvalue weighted by molar-refractivity contribution is -0.118. The molecule has 0 atom stereocenters. The molecule has 1 N–H and O–H groups in total. The van der Waals surface area contributed by atoms with Crippen molar-refractivity contribution in [1.82, 2.24) is 25.7 Å². The molecule has 7 nitrogen and oxygen atoms in total. The number of rotatable bonds is 9. The summed E-state index contributed by atoms with van der Waals surface area (Å²) in [5, 5.41) is 15.1. The van der Waals surface area contributed by atoms with E-state index >= 15 is 0 Å². The van der Waals surface area contributed by atoms with Crippen LogP contribution in [0.4, 0.5) is 0 Å². The minimum atomic E-state index is 0.0144. The SMILES string of the molecule is CCCNC(=O)CSc1nnc(SCc2nc(-c3ccccc3)no2)s1. The predicted molar refractivity (Wildman–Crippen MR) is 103 cm³/mol. The molecule has 0 spiro atoms. The van der Waals surface area contributed by atoms with E-state index in [1.807, 2.05) is 37.3 Å². The maximum absolute atomic E-state index is 11.6. The summed E-state index contributed by atoms with van der Waals surface area (Å²) in [4.78, 5) is 16.0. The third-order valence-electron chi connectivity index (χ3n) is 3.11. The summed E-state index contributed by atoms with van der Waals surface area (Å²) in [5.74, 6) is 2.00. The molecule has 0 radical (unpaired) electrons. The molecule has 0 saturated carbocycles. The first-order valence-electron chi connectivity index (χ1n) is 7.98. The number of hydrogen-bond donors (Lipinski definition) is 1. The largest absolute Gasteiger partial charge is 0.355 e. The van der Waals surface area contributed by atoms with Gasteiger partial charge in [-0.2, -0.15) is 4.98 Å². The van der Waals surface area contributed by atoms with E-state index in [2.05, 4.69) is 25.7 Å². The van der Waals surface area contributed by atoms with Crippen LogP contribution in [-0.4, -0.2) is 38.5 Å². The van der Waals surface area contributed by atoms with Crippen LogP contribution >= 0.6 is 34.9 Å². The van der Waals surface area contributed by atoms with Gasteiger partial charge < -0.3 is 9.84 Å². The number of hydrogen-bond acceptors (Lipinski definition) is 9. The Hall–Kier alpha value is -1.91. The van der Waals surface area contributed by atoms with Gasteiger partial charge in [0.25, 0.3) is 0 Å². The van der Waals surface area contributed by atoms with Gasteiger partial charge in [0.1, 0.15) is 0 Å². The Labute approximate surface area is 163 Å². The van der Waals surface area contributed by atoms with Gasteiger partial charge in [0.2, 0.25) is 17.6 Å². The summed E-state index contributed by atoms with van der Waals surface area (Å²) in [6.45, 7) is 2.72. The Bertz CT molecular complexity index is 837. The topological polar surface area (TPSA) is 93.8 Å². The molecule has 0 aliphatic heterocycles. The van der Waals surface area contributed by atoms with Crippen LogP contribution in [0, 0.1) is 0 Å². The highest BCUT2D eigenvalue weighted by Gasteiger charge is 2.12. The fourth-order valence-corrected chi connectivity index (χ4v) is 4.59. The van der Waals surface area contributed by atoms with Crippen LogP contribution in [-0.2, 0) is 10.5 Å². The van der Waals surface area contributed by atoms with Crippen LogP contribution in [0.2, 0.25) is 0 Å². The van der Waals surface area contributed by atoms with E-state index in [0.29, 0.717) is 29.8 Å². The maximum Gasteiger partial charge on any atom is 0.237 e. The van der Waals surface area contributed by atoms with Gasteiger partial charge in [0.05, 0.1) is 11.5 Å². The first kappa shape index (κ1) is 18.9. The average Bonchev–Trinajstić information content (AvgIpc) is 3.33. The minimum Gasteiger partial charge on any atom is -0.355 e. The number of carbonyl (C=O) groups excluding carboxylic acids is 1. The van der Waals surface area contributed by atoms with Crippen molar-refractivity contribution < 1.29 is 9.32 Å². The Morgan fingerprint density at radius 1 is 1.19 bits per heavy atom. The molecular weight excluding hydrogens is 390 g/mol. The maximum atomic E-state index is 11.6. The average molecular weight is 408 g/mol. The number of nitrogens with one attached hydrogen (secondary N) is 1. The van der Waals surface area contributed by atoms with Gasteiger partial charge in [-0.25, -0.2) is 0 Å². The van der Waals surface area contributed by atoms with Crippen LogP contribution in [0.1, 0.15) is 19.2 Å². The lowest BCUT2D eigenvalue weighted by Gasteiger charge is -2.00. The molecule has 2 heterocycles. The van der Waals surface area contributed by atoms with E-state index in [1.165, 1.54) is 34.9 Å². The molecule has 3 aromatic rings. The summed E-state index contributed by atoms with van der Waals surface area (Å²) in [6, 6.07) is 9.68. The van der Waals surface area contributed by atoms with E-state index < -0.39 is 0 Å². The fraction of sp³-hybridized carbons (Fsp3) is 0.312. The van der Waals surface area contributed by atoms with Crippen LogP contribution in [0.3, 0.4) is 0 Å². The fourth-order valence-electron chi connectivity index (χ4n) is 1.90. The zero-order valence-corrected chi connectivity index (χ0v) is 16.5. The van der Waals surface area contributed by atoms with E-state index in [-0.39, 0.29) is 5.91 Å². The molecular formula is C16H17N5O2S3. The standard InChI is InChI=1S/C16H17N5O2S3/c1-2-8-17-12(22)9-24-15-19-20-16(26-15)25-10-13-18-14(21-23-13)11-6-4-3-5-7-11/h3-7H,2,8-10H2,1H3,(H,17,22). The van der Waals surface area contributed by atoms with Crippen molar-refractivity contribution in [2.45, 2.75) is 27.8 Å². The Kier molecular flexibility index (Phi) is 7.04. The lowest BCUT2D eigenvalue weighted by Crippen LogP contribution is -2.25. The van der Waals surface area contributed by atoms with Gasteiger partial charge in [-0.3, -0.25) is 4.79 Å². The van der Waals surface area contributed by atoms with E-state index in [1.54, 1.807) is 0 Å². The smallest absolute Gasteiger partial charge is 0.237 e. The summed E-state index contributed by atoms with van der Waals surface area (Å²) >= 11 is 4.33. The molecule has 1 amide bonds. The van der Waals surface area contributed by atoms with E-state index in [0.717, 1.165) is 20.7 Å². The summed E-state index contributed by atoms with van der Waals surface area (Å²) in [6.07, 6.45) is 0.928. The van der Waals surface area contributed by atoms with Crippen molar-refractivity contribution in [2.24, 2.45) is 0 Å². The van der Waals surface area contributed by atoms with Crippen molar-refractivity contribution in [3.63, 3.8) is 0 Å². The van der Waals surface area contributed by atoms with Crippen molar-refractivity contribution in [1.29, 1.82) is 0 Å². The summed E-state index contributed by atoms with van der Waals surface area (Å²) in [5.41, 5.74) is 0.920. The molecule has 10 heteroatoms. The number of thioether (sulfide) groups is 2. The van der Waals surface area contributed by atoms with Crippen LogP contribution in [0.15, 0.2) is 43.5 Å². The molecule has 0 saturated heterocycles. The molecule has 1 aromatic carbocycles. The van der Waals surface area contributed by atoms with Gasteiger partial charge in [0, 0.05) is 12.1 Å². The van der Waals surface area contributed by atoms with Gasteiger partial charge >= 0.3 is 0 Å². The van der Waals surface area contributed by atoms with E-state index in [4.69, 9.17) is 4.52 Å². The quantitative estimate of drug-likeness (QED) is 0.539. The second kappa shape index (κ2) is 9.70. The first-order chi connectivity index (χ1) is 12.7. The molecule has 0 aliphatic carbocycles. The Morgan fingerprint density at radius 3 is 2.73 bits per heavy atom. The molecule has 0 unspecified atom stereocenters. The van der Waals surface area contributed by atoms with Gasteiger partial charge in [0.15, 0.2) is 8.68 Å². The third-order valence-corrected chi connectivity index (χ3v) is 6.28. The van der Waals surface area contributed by atoms with Crippen molar-refractivity contribution in [3.8, 4) is 11.4 Å². The van der Waals surface area contributed by atoms with Gasteiger partial charge in [-0.05, 0) is 6.42 Å². The molecule has 0 fully saturated rings. The van der Waals surface area contributed by atoms with Gasteiger partial charge in [-0.15, -0.1) is 10.2 Å². The highest BCUT2D eigenvalue weighted by atomic mass is 32.2. The highest BCUT2D eigenvalue weighted by Crippen LogP contribution is 2.30. The van der Waals surface area contributed by atoms with Crippen molar-refractivity contribution in [2.75, 3.05) is 12.3 Å². The van der Waals surface area contributed by atoms with Crippen LogP contribution in [0.25, 0.3) is 11.4 Å². The molecule has 2 aromatic heterocycles. The number of carbonyl (C=O) groups is 1. The molecule has 0 bridgehead atoms. The molecule has 136 valence electrons.